The zero-order valence-electron chi connectivity index (χ0n) is 47.3. The van der Waals surface area contributed by atoms with E-state index in [4.69, 9.17) is 58.4 Å². The van der Waals surface area contributed by atoms with Crippen molar-refractivity contribution in [2.45, 2.75) is 71.0 Å². The van der Waals surface area contributed by atoms with Gasteiger partial charge in [0.1, 0.15) is 11.8 Å². The van der Waals surface area contributed by atoms with Gasteiger partial charge in [0.2, 0.25) is 17.7 Å². The molecule has 0 fully saturated rings. The highest BCUT2D eigenvalue weighted by Gasteiger charge is 2.35. The van der Waals surface area contributed by atoms with Gasteiger partial charge >= 0.3 is 0 Å². The number of carbonyl (C=O) groups excluding carboxylic acids is 5. The van der Waals surface area contributed by atoms with Crippen LogP contribution in [0.2, 0.25) is 0 Å². The molecule has 436 valence electrons. The van der Waals surface area contributed by atoms with E-state index < -0.39 is 11.9 Å². The number of carbonyl (C=O) groups is 5. The quantitative estimate of drug-likeness (QED) is 0.0412. The van der Waals surface area contributed by atoms with E-state index in [0.717, 1.165) is 28.0 Å². The molecule has 0 radical (unpaired) electrons. The number of ether oxygens (including phenoxy) is 9. The second-order valence-electron chi connectivity index (χ2n) is 20.3. The zero-order chi connectivity index (χ0) is 58.1. The number of aliphatic imine (C=N–C) groups is 2. The largest absolute Gasteiger partial charge is 0.497 e. The zero-order valence-corrected chi connectivity index (χ0v) is 47.3. The summed E-state index contributed by atoms with van der Waals surface area (Å²) in [5.74, 6) is 0.644. The van der Waals surface area contributed by atoms with E-state index in [1.54, 1.807) is 72.7 Å². The van der Waals surface area contributed by atoms with E-state index in [1.807, 2.05) is 62.6 Å². The number of hydrogen-bond donors (Lipinski definition) is 3. The molecule has 0 aromatic heterocycles. The standard InChI is InChI=1S/C61H73N7O14/c1-38(2)48(16-20-77-22-24-79-26-27-80-25-23-78-21-17-57(62)69)59(71)65-39(3)58(70)66-44-12-8-40(9-13-44)42-28-45-34-63-51-32-55(53(75-5)30-49(51)60(72)67(45)36-42)81-18-7-19-82-56-33-52-50(31-54(56)76-6)61(73)68-37-43(29-46(68)35-64-52)41-10-14-47(74-4)15-11-41/h8-15,30-39,45-46,48H,7,16-29H2,1-6H3,(H2,62,69)(H,65,71)(H,66,70)/t39-,45-,46-,48-/m0/s1. The van der Waals surface area contributed by atoms with E-state index >= 15 is 0 Å². The molecule has 4 aliphatic heterocycles. The number of rotatable bonds is 31. The summed E-state index contributed by atoms with van der Waals surface area (Å²) in [6, 6.07) is 20.5. The average Bonchev–Trinajstić information content (AvgIpc) is 3.81. The minimum Gasteiger partial charge on any atom is -0.497 e. The monoisotopic (exact) mass is 1130 g/mol. The fourth-order valence-electron chi connectivity index (χ4n) is 9.69. The van der Waals surface area contributed by atoms with Crippen LogP contribution in [0.1, 0.15) is 84.7 Å². The van der Waals surface area contributed by atoms with Crippen LogP contribution in [0.3, 0.4) is 0 Å². The fraction of sp³-hybridized carbons (Fsp3) is 0.426. The molecule has 0 unspecified atom stereocenters. The Labute approximate surface area is 477 Å². The number of anilines is 1. The number of amides is 5. The summed E-state index contributed by atoms with van der Waals surface area (Å²) in [6.07, 6.45) is 9.56. The second-order valence-corrected chi connectivity index (χ2v) is 20.3. The third-order valence-corrected chi connectivity index (χ3v) is 14.3. The van der Waals surface area contributed by atoms with Gasteiger partial charge in [0, 0.05) is 80.9 Å². The Kier molecular flexibility index (Phi) is 21.2. The second kappa shape index (κ2) is 29.0. The summed E-state index contributed by atoms with van der Waals surface area (Å²) >= 11 is 0. The van der Waals surface area contributed by atoms with E-state index in [9.17, 15) is 24.0 Å². The Morgan fingerprint density at radius 1 is 0.598 bits per heavy atom. The minimum absolute atomic E-state index is 0.0159. The van der Waals surface area contributed by atoms with Gasteiger partial charge in [-0.1, -0.05) is 38.1 Å². The number of benzene rings is 4. The highest BCUT2D eigenvalue weighted by molar-refractivity contribution is 6.07. The maximum Gasteiger partial charge on any atom is 0.260 e. The highest BCUT2D eigenvalue weighted by Crippen LogP contribution is 2.42. The van der Waals surface area contributed by atoms with Crippen molar-refractivity contribution in [3.8, 4) is 28.7 Å². The van der Waals surface area contributed by atoms with Crippen molar-refractivity contribution in [2.24, 2.45) is 27.6 Å². The topological polar surface area (TPSA) is 250 Å². The molecule has 5 amide bonds. The molecule has 21 nitrogen and oxygen atoms in total. The van der Waals surface area contributed by atoms with Crippen LogP contribution in [0.5, 0.6) is 28.7 Å². The lowest BCUT2D eigenvalue weighted by atomic mass is 9.91. The average molecular weight is 1130 g/mol. The van der Waals surface area contributed by atoms with Crippen molar-refractivity contribution in [1.82, 2.24) is 15.1 Å². The predicted molar refractivity (Wildman–Crippen MR) is 309 cm³/mol. The van der Waals surface area contributed by atoms with Crippen LogP contribution in [0.4, 0.5) is 17.1 Å². The van der Waals surface area contributed by atoms with Gasteiger partial charge in [-0.25, -0.2) is 0 Å². The van der Waals surface area contributed by atoms with Crippen molar-refractivity contribution in [2.75, 3.05) is 92.7 Å². The maximum absolute atomic E-state index is 14.1. The van der Waals surface area contributed by atoms with Gasteiger partial charge in [0.05, 0.1) is 115 Å². The Bertz CT molecular complexity index is 3030. The minimum atomic E-state index is -0.800. The van der Waals surface area contributed by atoms with Crippen molar-refractivity contribution in [1.29, 1.82) is 0 Å². The van der Waals surface area contributed by atoms with Gasteiger partial charge in [0.25, 0.3) is 11.8 Å². The number of nitrogens with one attached hydrogen (secondary N) is 2. The van der Waals surface area contributed by atoms with E-state index in [0.29, 0.717) is 123 Å². The first-order valence-electron chi connectivity index (χ1n) is 27.5. The first kappa shape index (κ1) is 60.0. The molecule has 8 rings (SSSR count). The normalized spacial score (nSPS) is 16.7. The molecule has 4 atom stereocenters. The number of primary amides is 1. The van der Waals surface area contributed by atoms with Crippen LogP contribution in [-0.4, -0.2) is 157 Å². The first-order chi connectivity index (χ1) is 39.7. The van der Waals surface area contributed by atoms with Gasteiger partial charge in [-0.15, -0.1) is 0 Å². The van der Waals surface area contributed by atoms with Gasteiger partial charge in [-0.05, 0) is 77.9 Å². The lowest BCUT2D eigenvalue weighted by Crippen LogP contribution is -2.45. The van der Waals surface area contributed by atoms with Gasteiger partial charge in [0.15, 0.2) is 23.0 Å². The number of nitrogens with two attached hydrogens (primary N) is 1. The summed E-state index contributed by atoms with van der Waals surface area (Å²) < 4.78 is 50.9. The molecule has 4 N–H and O–H groups in total. The summed E-state index contributed by atoms with van der Waals surface area (Å²) in [6.45, 7) is 8.98. The number of hydrogen-bond acceptors (Lipinski definition) is 16. The molecule has 4 aromatic rings. The van der Waals surface area contributed by atoms with Crippen LogP contribution in [0.15, 0.2) is 95.2 Å². The molecule has 4 aliphatic rings. The summed E-state index contributed by atoms with van der Waals surface area (Å²) in [7, 11) is 4.67. The van der Waals surface area contributed by atoms with Crippen LogP contribution in [-0.2, 0) is 33.3 Å². The highest BCUT2D eigenvalue weighted by atomic mass is 16.6. The first-order valence-corrected chi connectivity index (χ1v) is 27.5. The van der Waals surface area contributed by atoms with Crippen LogP contribution >= 0.6 is 0 Å². The SMILES string of the molecule is COc1ccc(C2=CN3C(=O)c4cc(OC)c(OCCCOc5cc6c(cc5OC)C(=O)N5C=C(c7ccc(NC(=O)[C@H](C)NC(=O)[C@@H](CCOCCOCCOCCOCCC(N)=O)C(C)C)cc7)C[C@H]5C=N6)cc4N=C[C@@H]3C2)cc1. The molecule has 21 heteroatoms. The van der Waals surface area contributed by atoms with Gasteiger partial charge in [-0.3, -0.25) is 34.0 Å². The van der Waals surface area contributed by atoms with E-state index in [2.05, 4.69) is 10.6 Å². The maximum atomic E-state index is 14.1. The fourth-order valence-corrected chi connectivity index (χ4v) is 9.69. The lowest BCUT2D eigenvalue weighted by Gasteiger charge is -2.23. The molecular weight excluding hydrogens is 1050 g/mol. The van der Waals surface area contributed by atoms with Crippen LogP contribution in [0, 0.1) is 11.8 Å². The van der Waals surface area contributed by atoms with Crippen molar-refractivity contribution in [3.05, 3.63) is 107 Å². The Morgan fingerprint density at radius 2 is 1.07 bits per heavy atom. The molecular formula is C61H73N7O14. The third kappa shape index (κ3) is 15.5. The molecule has 0 saturated heterocycles. The summed E-state index contributed by atoms with van der Waals surface area (Å²) in [5, 5.41) is 5.76. The Morgan fingerprint density at radius 3 is 1.54 bits per heavy atom. The molecule has 0 aliphatic carbocycles. The molecule has 82 heavy (non-hydrogen) atoms. The molecule has 0 spiro atoms. The molecule has 4 aromatic carbocycles. The Balaban J connectivity index is 0.769. The third-order valence-electron chi connectivity index (χ3n) is 14.3. The van der Waals surface area contributed by atoms with Crippen molar-refractivity contribution < 1.29 is 66.6 Å². The number of methoxy groups -OCH3 is 3. The summed E-state index contributed by atoms with van der Waals surface area (Å²) in [5.41, 5.74) is 11.2. The Hall–Kier alpha value is -8.11. The summed E-state index contributed by atoms with van der Waals surface area (Å²) in [4.78, 5) is 78.1. The van der Waals surface area contributed by atoms with Crippen molar-refractivity contribution >= 4 is 70.2 Å². The molecule has 4 heterocycles. The van der Waals surface area contributed by atoms with Gasteiger partial charge < -0.3 is 68.8 Å². The lowest BCUT2D eigenvalue weighted by molar-refractivity contribution is -0.130. The molecule has 0 saturated carbocycles. The van der Waals surface area contributed by atoms with Crippen molar-refractivity contribution in [3.63, 3.8) is 0 Å². The van der Waals surface area contributed by atoms with E-state index in [1.165, 1.54) is 14.2 Å². The molecule has 0 bridgehead atoms. The smallest absolute Gasteiger partial charge is 0.260 e. The number of fused-ring (bicyclic) bond motifs is 4. The van der Waals surface area contributed by atoms with E-state index in [-0.39, 0.29) is 73.8 Å². The van der Waals surface area contributed by atoms with Gasteiger partial charge in [-0.2, -0.15) is 0 Å². The number of nitrogens with zero attached hydrogens (tertiary/aromatic N) is 4. The van der Waals surface area contributed by atoms with Crippen LogP contribution in [0.25, 0.3) is 11.1 Å². The van der Waals surface area contributed by atoms with Crippen LogP contribution < -0.4 is 40.1 Å². The predicted octanol–water partition coefficient (Wildman–Crippen LogP) is 7.55.